The molecule has 1 amide bonds. The van der Waals surface area contributed by atoms with E-state index in [1.165, 1.54) is 16.9 Å². The molecule has 22 heavy (non-hydrogen) atoms. The average molecular weight is 317 g/mol. The highest BCUT2D eigenvalue weighted by Gasteiger charge is 2.10. The van der Waals surface area contributed by atoms with Gasteiger partial charge in [-0.1, -0.05) is 26.0 Å². The summed E-state index contributed by atoms with van der Waals surface area (Å²) in [4.78, 5) is 20.0. The Bertz CT molecular complexity index is 610. The van der Waals surface area contributed by atoms with E-state index in [2.05, 4.69) is 29.0 Å². The van der Waals surface area contributed by atoms with Gasteiger partial charge in [0, 0.05) is 17.0 Å². The largest absolute Gasteiger partial charge is 0.300 e. The summed E-state index contributed by atoms with van der Waals surface area (Å²) in [6.07, 6.45) is 0. The van der Waals surface area contributed by atoms with Gasteiger partial charge in [0.15, 0.2) is 5.13 Å². The summed E-state index contributed by atoms with van der Waals surface area (Å²) in [5.41, 5.74) is 2.85. The summed E-state index contributed by atoms with van der Waals surface area (Å²) in [7, 11) is 0. The molecule has 0 radical (unpaired) electrons. The molecule has 0 fully saturated rings. The van der Waals surface area contributed by atoms with Gasteiger partial charge >= 0.3 is 0 Å². The number of nitrogens with zero attached hydrogens (tertiary/aromatic N) is 2. The highest BCUT2D eigenvalue weighted by Crippen LogP contribution is 2.21. The maximum Gasteiger partial charge on any atom is 0.257 e. The van der Waals surface area contributed by atoms with Crippen molar-refractivity contribution in [3.05, 3.63) is 46.0 Å². The number of carbonyl (C=O) groups excluding carboxylic acids is 1. The van der Waals surface area contributed by atoms with E-state index in [1.54, 1.807) is 0 Å². The molecule has 1 aromatic heterocycles. The first-order valence-electron chi connectivity index (χ1n) is 7.60. The minimum Gasteiger partial charge on any atom is -0.300 e. The lowest BCUT2D eigenvalue weighted by Crippen LogP contribution is -2.22. The van der Waals surface area contributed by atoms with E-state index < -0.39 is 0 Å². The predicted molar refractivity (Wildman–Crippen MR) is 92.6 cm³/mol. The van der Waals surface area contributed by atoms with E-state index in [1.807, 2.05) is 38.1 Å². The number of anilines is 1. The van der Waals surface area contributed by atoms with Crippen LogP contribution in [-0.4, -0.2) is 28.9 Å². The second kappa shape index (κ2) is 7.51. The van der Waals surface area contributed by atoms with Crippen LogP contribution in [0.4, 0.5) is 5.13 Å². The molecule has 4 nitrogen and oxygen atoms in total. The van der Waals surface area contributed by atoms with Gasteiger partial charge in [0.1, 0.15) is 0 Å². The number of hydrogen-bond donors (Lipinski definition) is 1. The molecular formula is C17H23N3OS. The highest BCUT2D eigenvalue weighted by molar-refractivity contribution is 7.15. The zero-order chi connectivity index (χ0) is 16.1. The Hall–Kier alpha value is -1.72. The smallest absolute Gasteiger partial charge is 0.257 e. The van der Waals surface area contributed by atoms with Crippen LogP contribution < -0.4 is 5.32 Å². The molecule has 0 saturated heterocycles. The minimum atomic E-state index is -0.108. The van der Waals surface area contributed by atoms with Crippen molar-refractivity contribution >= 4 is 22.4 Å². The Balaban J connectivity index is 2.01. The summed E-state index contributed by atoms with van der Waals surface area (Å²) in [5.74, 6) is -0.108. The first kappa shape index (κ1) is 16.6. The van der Waals surface area contributed by atoms with Gasteiger partial charge in [0.05, 0.1) is 5.69 Å². The number of nitrogens with one attached hydrogen (secondary N) is 1. The van der Waals surface area contributed by atoms with Crippen LogP contribution >= 0.6 is 11.3 Å². The Kier molecular flexibility index (Phi) is 5.69. The van der Waals surface area contributed by atoms with Gasteiger partial charge in [0.2, 0.25) is 0 Å². The lowest BCUT2D eigenvalue weighted by Gasteiger charge is -2.17. The molecule has 1 heterocycles. The van der Waals surface area contributed by atoms with Crippen molar-refractivity contribution in [1.82, 2.24) is 9.88 Å². The zero-order valence-electron chi connectivity index (χ0n) is 13.6. The van der Waals surface area contributed by atoms with Crippen molar-refractivity contribution in [2.75, 3.05) is 18.4 Å². The predicted octanol–water partition coefficient (Wildman–Crippen LogP) is 3.85. The van der Waals surface area contributed by atoms with Crippen LogP contribution in [0.15, 0.2) is 24.3 Å². The first-order valence-corrected chi connectivity index (χ1v) is 8.41. The van der Waals surface area contributed by atoms with Crippen molar-refractivity contribution in [2.24, 2.45) is 0 Å². The third-order valence-corrected chi connectivity index (χ3v) is 4.75. The van der Waals surface area contributed by atoms with Gasteiger partial charge in [-0.15, -0.1) is 11.3 Å². The zero-order valence-corrected chi connectivity index (χ0v) is 14.5. The molecule has 1 aromatic carbocycles. The molecule has 0 aliphatic rings. The Morgan fingerprint density at radius 3 is 2.32 bits per heavy atom. The summed E-state index contributed by atoms with van der Waals surface area (Å²) in [6, 6.07) is 7.79. The Morgan fingerprint density at radius 1 is 1.18 bits per heavy atom. The van der Waals surface area contributed by atoms with Crippen LogP contribution in [0.2, 0.25) is 0 Å². The standard InChI is InChI=1S/C17H23N3OS/c1-5-20(6-2)11-14-7-9-15(10-8-14)16(21)19-17-18-12(3)13(4)22-17/h7-10H,5-6,11H2,1-4H3,(H,18,19,21). The molecule has 5 heteroatoms. The quantitative estimate of drug-likeness (QED) is 0.880. The number of aryl methyl sites for hydroxylation is 2. The van der Waals surface area contributed by atoms with Gasteiger partial charge in [0.25, 0.3) is 5.91 Å². The number of benzene rings is 1. The molecule has 0 aliphatic carbocycles. The molecule has 118 valence electrons. The van der Waals surface area contributed by atoms with Crippen LogP contribution in [0, 0.1) is 13.8 Å². The van der Waals surface area contributed by atoms with E-state index >= 15 is 0 Å². The Morgan fingerprint density at radius 2 is 1.82 bits per heavy atom. The van der Waals surface area contributed by atoms with Crippen LogP contribution in [0.3, 0.4) is 0 Å². The molecule has 0 bridgehead atoms. The molecule has 2 rings (SSSR count). The van der Waals surface area contributed by atoms with E-state index in [0.717, 1.165) is 30.2 Å². The fraction of sp³-hybridized carbons (Fsp3) is 0.412. The normalized spacial score (nSPS) is 11.0. The number of aromatic nitrogens is 1. The fourth-order valence-electron chi connectivity index (χ4n) is 2.16. The van der Waals surface area contributed by atoms with Gasteiger partial charge in [-0.05, 0) is 44.6 Å². The maximum absolute atomic E-state index is 12.2. The monoisotopic (exact) mass is 317 g/mol. The lowest BCUT2D eigenvalue weighted by atomic mass is 10.1. The summed E-state index contributed by atoms with van der Waals surface area (Å²) < 4.78 is 0. The number of carbonyl (C=O) groups is 1. The van der Waals surface area contributed by atoms with Crippen LogP contribution in [-0.2, 0) is 6.54 Å². The van der Waals surface area contributed by atoms with Crippen LogP contribution in [0.25, 0.3) is 0 Å². The van der Waals surface area contributed by atoms with Crippen LogP contribution in [0.5, 0.6) is 0 Å². The number of rotatable bonds is 6. The van der Waals surface area contributed by atoms with Crippen molar-refractivity contribution in [2.45, 2.75) is 34.2 Å². The minimum absolute atomic E-state index is 0.108. The number of hydrogen-bond acceptors (Lipinski definition) is 4. The summed E-state index contributed by atoms with van der Waals surface area (Å²) >= 11 is 1.51. The van der Waals surface area contributed by atoms with Crippen molar-refractivity contribution in [1.29, 1.82) is 0 Å². The molecule has 2 aromatic rings. The third-order valence-electron chi connectivity index (χ3n) is 3.77. The Labute approximate surface area is 136 Å². The van der Waals surface area contributed by atoms with Crippen LogP contribution in [0.1, 0.15) is 40.3 Å². The number of thiazole rings is 1. The van der Waals surface area contributed by atoms with Crippen molar-refractivity contribution in [3.63, 3.8) is 0 Å². The van der Waals surface area contributed by atoms with Gasteiger partial charge in [-0.3, -0.25) is 15.0 Å². The van der Waals surface area contributed by atoms with Crippen molar-refractivity contribution in [3.8, 4) is 0 Å². The molecule has 0 spiro atoms. The molecule has 0 unspecified atom stereocenters. The lowest BCUT2D eigenvalue weighted by molar-refractivity contribution is 0.102. The topological polar surface area (TPSA) is 45.2 Å². The SMILES string of the molecule is CCN(CC)Cc1ccc(C(=O)Nc2nc(C)c(C)s2)cc1. The summed E-state index contributed by atoms with van der Waals surface area (Å²) in [6.45, 7) is 11.2. The third kappa shape index (κ3) is 4.15. The molecular weight excluding hydrogens is 294 g/mol. The highest BCUT2D eigenvalue weighted by atomic mass is 32.1. The molecule has 1 N–H and O–H groups in total. The van der Waals surface area contributed by atoms with Crippen molar-refractivity contribution < 1.29 is 4.79 Å². The first-order chi connectivity index (χ1) is 10.5. The number of amides is 1. The molecule has 0 saturated carbocycles. The second-order valence-corrected chi connectivity index (χ2v) is 6.48. The van der Waals surface area contributed by atoms with Gasteiger partial charge in [-0.25, -0.2) is 4.98 Å². The van der Waals surface area contributed by atoms with Gasteiger partial charge < -0.3 is 0 Å². The van der Waals surface area contributed by atoms with E-state index in [0.29, 0.717) is 10.7 Å². The van der Waals surface area contributed by atoms with E-state index in [-0.39, 0.29) is 5.91 Å². The van der Waals surface area contributed by atoms with Gasteiger partial charge in [-0.2, -0.15) is 0 Å². The maximum atomic E-state index is 12.2. The molecule has 0 aliphatic heterocycles. The molecule has 0 atom stereocenters. The van der Waals surface area contributed by atoms with E-state index in [9.17, 15) is 4.79 Å². The van der Waals surface area contributed by atoms with E-state index in [4.69, 9.17) is 0 Å². The average Bonchev–Trinajstić information content (AvgIpc) is 2.83. The fourth-order valence-corrected chi connectivity index (χ4v) is 2.97. The summed E-state index contributed by atoms with van der Waals surface area (Å²) in [5, 5.41) is 3.52. The second-order valence-electron chi connectivity index (χ2n) is 5.27.